The Kier molecular flexibility index (Phi) is 6.65. The molecule has 1 aliphatic heterocycles. The number of piperazine rings is 1. The molecular formula is C23H27N3O3. The van der Waals surface area contributed by atoms with Gasteiger partial charge in [0.1, 0.15) is 0 Å². The van der Waals surface area contributed by atoms with E-state index in [4.69, 9.17) is 0 Å². The SMILES string of the molecule is CC(=O)Nc1cccc(C(=O)N2CCN(C(=O)CCc3ccc(C)cc3)CC2)c1. The van der Waals surface area contributed by atoms with E-state index >= 15 is 0 Å². The van der Waals surface area contributed by atoms with Crippen molar-refractivity contribution in [2.45, 2.75) is 26.7 Å². The first-order chi connectivity index (χ1) is 13.9. The number of nitrogens with zero attached hydrogens (tertiary/aromatic N) is 2. The molecule has 2 aromatic rings. The van der Waals surface area contributed by atoms with Crippen LogP contribution in [-0.2, 0) is 16.0 Å². The molecule has 0 radical (unpaired) electrons. The van der Waals surface area contributed by atoms with Gasteiger partial charge in [0.25, 0.3) is 5.91 Å². The maximum absolute atomic E-state index is 12.8. The number of anilines is 1. The summed E-state index contributed by atoms with van der Waals surface area (Å²) in [6, 6.07) is 15.2. The Hall–Kier alpha value is -3.15. The summed E-state index contributed by atoms with van der Waals surface area (Å²) < 4.78 is 0. The van der Waals surface area contributed by atoms with Crippen molar-refractivity contribution in [2.24, 2.45) is 0 Å². The van der Waals surface area contributed by atoms with Crippen molar-refractivity contribution in [3.63, 3.8) is 0 Å². The smallest absolute Gasteiger partial charge is 0.254 e. The van der Waals surface area contributed by atoms with Crippen molar-refractivity contribution in [1.29, 1.82) is 0 Å². The molecule has 1 N–H and O–H groups in total. The van der Waals surface area contributed by atoms with Crippen LogP contribution in [-0.4, -0.2) is 53.7 Å². The number of hydrogen-bond donors (Lipinski definition) is 1. The third-order valence-electron chi connectivity index (χ3n) is 5.10. The first-order valence-corrected chi connectivity index (χ1v) is 9.92. The maximum Gasteiger partial charge on any atom is 0.254 e. The molecule has 0 saturated carbocycles. The van der Waals surface area contributed by atoms with Crippen molar-refractivity contribution in [3.05, 3.63) is 65.2 Å². The summed E-state index contributed by atoms with van der Waals surface area (Å²) in [6.45, 7) is 5.60. The van der Waals surface area contributed by atoms with E-state index in [1.165, 1.54) is 12.5 Å². The van der Waals surface area contributed by atoms with Crippen molar-refractivity contribution in [1.82, 2.24) is 9.80 Å². The van der Waals surface area contributed by atoms with Crippen LogP contribution in [0.4, 0.5) is 5.69 Å². The molecule has 29 heavy (non-hydrogen) atoms. The molecular weight excluding hydrogens is 366 g/mol. The number of aryl methyl sites for hydroxylation is 2. The van der Waals surface area contributed by atoms with Crippen LogP contribution in [0.3, 0.4) is 0 Å². The summed E-state index contributed by atoms with van der Waals surface area (Å²) >= 11 is 0. The zero-order chi connectivity index (χ0) is 20.8. The van der Waals surface area contributed by atoms with Crippen LogP contribution in [0, 0.1) is 6.92 Å². The predicted octanol–water partition coefficient (Wildman–Crippen LogP) is 2.87. The van der Waals surface area contributed by atoms with Gasteiger partial charge in [-0.3, -0.25) is 14.4 Å². The largest absolute Gasteiger partial charge is 0.339 e. The number of rotatable bonds is 5. The van der Waals surface area contributed by atoms with Crippen molar-refractivity contribution in [3.8, 4) is 0 Å². The molecule has 0 unspecified atom stereocenters. The van der Waals surface area contributed by atoms with Gasteiger partial charge in [-0.15, -0.1) is 0 Å². The van der Waals surface area contributed by atoms with Crippen LogP contribution in [0.15, 0.2) is 48.5 Å². The molecule has 152 valence electrons. The van der Waals surface area contributed by atoms with Gasteiger partial charge in [-0.25, -0.2) is 0 Å². The van der Waals surface area contributed by atoms with Gasteiger partial charge >= 0.3 is 0 Å². The van der Waals surface area contributed by atoms with E-state index < -0.39 is 0 Å². The molecule has 0 aromatic heterocycles. The number of carbonyl (C=O) groups excluding carboxylic acids is 3. The van der Waals surface area contributed by atoms with Crippen LogP contribution in [0.1, 0.15) is 34.8 Å². The fourth-order valence-corrected chi connectivity index (χ4v) is 3.44. The molecule has 3 amide bonds. The normalized spacial score (nSPS) is 13.9. The van der Waals surface area contributed by atoms with Crippen molar-refractivity contribution >= 4 is 23.4 Å². The first kappa shape index (κ1) is 20.6. The lowest BCUT2D eigenvalue weighted by atomic mass is 10.1. The maximum atomic E-state index is 12.8. The van der Waals surface area contributed by atoms with Gasteiger partial charge in [-0.1, -0.05) is 35.9 Å². The fraction of sp³-hybridized carbons (Fsp3) is 0.348. The lowest BCUT2D eigenvalue weighted by Gasteiger charge is -2.35. The number of nitrogens with one attached hydrogen (secondary N) is 1. The Bertz CT molecular complexity index is 884. The molecule has 0 atom stereocenters. The minimum absolute atomic E-state index is 0.0797. The Morgan fingerprint density at radius 1 is 0.931 bits per heavy atom. The minimum Gasteiger partial charge on any atom is -0.339 e. The quantitative estimate of drug-likeness (QED) is 0.849. The van der Waals surface area contributed by atoms with Crippen LogP contribution in [0.2, 0.25) is 0 Å². The molecule has 1 fully saturated rings. The average Bonchev–Trinajstić information content (AvgIpc) is 2.72. The zero-order valence-corrected chi connectivity index (χ0v) is 17.0. The van der Waals surface area contributed by atoms with Crippen molar-refractivity contribution < 1.29 is 14.4 Å². The lowest BCUT2D eigenvalue weighted by molar-refractivity contribution is -0.132. The van der Waals surface area contributed by atoms with Crippen LogP contribution in [0.25, 0.3) is 0 Å². The summed E-state index contributed by atoms with van der Waals surface area (Å²) in [6.07, 6.45) is 1.21. The zero-order valence-electron chi connectivity index (χ0n) is 17.0. The Morgan fingerprint density at radius 3 is 2.24 bits per heavy atom. The Balaban J connectivity index is 1.50. The van der Waals surface area contributed by atoms with E-state index in [-0.39, 0.29) is 17.7 Å². The highest BCUT2D eigenvalue weighted by molar-refractivity contribution is 5.97. The van der Waals surface area contributed by atoms with Crippen molar-refractivity contribution in [2.75, 3.05) is 31.5 Å². The van der Waals surface area contributed by atoms with E-state index in [0.717, 1.165) is 12.0 Å². The molecule has 0 bridgehead atoms. The molecule has 1 saturated heterocycles. The summed E-state index contributed by atoms with van der Waals surface area (Å²) in [5.41, 5.74) is 3.52. The van der Waals surface area contributed by atoms with Crippen LogP contribution in [0.5, 0.6) is 0 Å². The third-order valence-corrected chi connectivity index (χ3v) is 5.10. The predicted molar refractivity (Wildman–Crippen MR) is 113 cm³/mol. The summed E-state index contributed by atoms with van der Waals surface area (Å²) in [4.78, 5) is 40.1. The first-order valence-electron chi connectivity index (χ1n) is 9.92. The van der Waals surface area contributed by atoms with Gasteiger partial charge in [-0.2, -0.15) is 0 Å². The van der Waals surface area contributed by atoms with E-state index in [9.17, 15) is 14.4 Å². The Morgan fingerprint density at radius 2 is 1.59 bits per heavy atom. The second-order valence-corrected chi connectivity index (χ2v) is 7.42. The number of amides is 3. The molecule has 0 aliphatic carbocycles. The van der Waals surface area contributed by atoms with Gasteiger partial charge in [0, 0.05) is 50.8 Å². The monoisotopic (exact) mass is 393 g/mol. The standard InChI is InChI=1S/C23H27N3O3/c1-17-6-8-19(9-7-17)10-11-22(28)25-12-14-26(15-13-25)23(29)20-4-3-5-21(16-20)24-18(2)27/h3-9,16H,10-15H2,1-2H3,(H,24,27). The van der Waals surface area contributed by atoms with Gasteiger partial charge in [0.2, 0.25) is 11.8 Å². The van der Waals surface area contributed by atoms with Gasteiger partial charge in [0.15, 0.2) is 0 Å². The molecule has 6 nitrogen and oxygen atoms in total. The molecule has 3 rings (SSSR count). The van der Waals surface area contributed by atoms with Gasteiger partial charge in [0.05, 0.1) is 0 Å². The lowest BCUT2D eigenvalue weighted by Crippen LogP contribution is -2.50. The number of benzene rings is 2. The van der Waals surface area contributed by atoms with E-state index in [1.54, 1.807) is 29.2 Å². The van der Waals surface area contributed by atoms with E-state index in [2.05, 4.69) is 29.6 Å². The van der Waals surface area contributed by atoms with Crippen LogP contribution >= 0.6 is 0 Å². The van der Waals surface area contributed by atoms with E-state index in [0.29, 0.717) is 43.9 Å². The highest BCUT2D eigenvalue weighted by Crippen LogP contribution is 2.15. The second kappa shape index (κ2) is 9.37. The molecule has 1 aliphatic rings. The molecule has 6 heteroatoms. The van der Waals surface area contributed by atoms with Gasteiger partial charge < -0.3 is 15.1 Å². The topological polar surface area (TPSA) is 69.7 Å². The third kappa shape index (κ3) is 5.67. The highest BCUT2D eigenvalue weighted by atomic mass is 16.2. The van der Waals surface area contributed by atoms with Crippen LogP contribution < -0.4 is 5.32 Å². The van der Waals surface area contributed by atoms with E-state index in [1.807, 2.05) is 11.8 Å². The molecule has 0 spiro atoms. The fourth-order valence-electron chi connectivity index (χ4n) is 3.44. The summed E-state index contributed by atoms with van der Waals surface area (Å²) in [5.74, 6) is -0.123. The summed E-state index contributed by atoms with van der Waals surface area (Å²) in [7, 11) is 0. The highest BCUT2D eigenvalue weighted by Gasteiger charge is 2.24. The Labute approximate surface area is 171 Å². The number of carbonyl (C=O) groups is 3. The number of hydrogen-bond acceptors (Lipinski definition) is 3. The minimum atomic E-state index is -0.174. The van der Waals surface area contributed by atoms with Gasteiger partial charge in [-0.05, 0) is 37.1 Å². The average molecular weight is 393 g/mol. The molecule has 2 aromatic carbocycles. The molecule has 1 heterocycles. The summed E-state index contributed by atoms with van der Waals surface area (Å²) in [5, 5.41) is 2.69. The second-order valence-electron chi connectivity index (χ2n) is 7.42.